The van der Waals surface area contributed by atoms with E-state index in [0.29, 0.717) is 6.04 Å². The highest BCUT2D eigenvalue weighted by Crippen LogP contribution is 2.28. The number of fused-ring (bicyclic) bond motifs is 4. The summed E-state index contributed by atoms with van der Waals surface area (Å²) >= 11 is 0. The summed E-state index contributed by atoms with van der Waals surface area (Å²) in [5.74, 6) is 0.782. The van der Waals surface area contributed by atoms with E-state index in [1.54, 1.807) is 0 Å². The number of nitrogens with zero attached hydrogens (tertiary/aromatic N) is 2. The Labute approximate surface area is 126 Å². The van der Waals surface area contributed by atoms with Crippen molar-refractivity contribution in [2.45, 2.75) is 18.9 Å². The van der Waals surface area contributed by atoms with E-state index in [1.165, 1.54) is 36.2 Å². The molecular weight excluding hydrogens is 258 g/mol. The third kappa shape index (κ3) is 2.66. The van der Waals surface area contributed by atoms with Gasteiger partial charge in [-0.3, -0.25) is 4.98 Å². The largest absolute Gasteiger partial charge is 0.368 e. The molecule has 0 radical (unpaired) electrons. The zero-order chi connectivity index (χ0) is 14.1. The summed E-state index contributed by atoms with van der Waals surface area (Å²) in [5.41, 5.74) is 3.71. The molecule has 0 aliphatic carbocycles. The molecule has 3 saturated heterocycles. The molecule has 3 aliphatic heterocycles. The van der Waals surface area contributed by atoms with Gasteiger partial charge in [-0.1, -0.05) is 30.3 Å². The summed E-state index contributed by atoms with van der Waals surface area (Å²) in [5, 5.41) is 3.66. The smallest absolute Gasteiger partial charge is 0.0559 e. The lowest BCUT2D eigenvalue weighted by molar-refractivity contribution is 0.360. The van der Waals surface area contributed by atoms with Crippen LogP contribution in [0.1, 0.15) is 12.8 Å². The van der Waals surface area contributed by atoms with Crippen molar-refractivity contribution in [1.82, 2.24) is 10.3 Å². The van der Waals surface area contributed by atoms with Crippen LogP contribution in [-0.4, -0.2) is 30.7 Å². The van der Waals surface area contributed by atoms with Crippen molar-refractivity contribution in [1.29, 1.82) is 0 Å². The summed E-state index contributed by atoms with van der Waals surface area (Å²) in [6.07, 6.45) is 6.65. The molecule has 2 aromatic rings. The molecule has 0 saturated carbocycles. The van der Waals surface area contributed by atoms with Gasteiger partial charge in [-0.05, 0) is 36.9 Å². The minimum atomic E-state index is 0.643. The van der Waals surface area contributed by atoms with Crippen LogP contribution in [0.25, 0.3) is 11.1 Å². The number of hydrogen-bond acceptors (Lipinski definition) is 3. The number of hydrogen-bond donors (Lipinski definition) is 1. The van der Waals surface area contributed by atoms with E-state index in [1.807, 2.05) is 12.4 Å². The number of rotatable bonds is 2. The van der Waals surface area contributed by atoms with Gasteiger partial charge in [-0.15, -0.1) is 0 Å². The van der Waals surface area contributed by atoms with Crippen LogP contribution in [0.4, 0.5) is 5.69 Å². The SMILES string of the molecule is c1ccc(-c2cncc(N3CC4CCC(C3)NC4)c2)cc1. The molecule has 3 heteroatoms. The predicted octanol–water partition coefficient (Wildman–Crippen LogP) is 2.94. The van der Waals surface area contributed by atoms with Crippen molar-refractivity contribution in [2.24, 2.45) is 5.92 Å². The number of aromatic nitrogens is 1. The van der Waals surface area contributed by atoms with Crippen LogP contribution in [0.15, 0.2) is 48.8 Å². The van der Waals surface area contributed by atoms with Crippen molar-refractivity contribution < 1.29 is 0 Å². The van der Waals surface area contributed by atoms with E-state index in [4.69, 9.17) is 0 Å². The lowest BCUT2D eigenvalue weighted by Crippen LogP contribution is -2.39. The molecule has 1 N–H and O–H groups in total. The topological polar surface area (TPSA) is 28.2 Å². The van der Waals surface area contributed by atoms with Crippen molar-refractivity contribution >= 4 is 5.69 Å². The summed E-state index contributed by atoms with van der Waals surface area (Å²) in [6.45, 7) is 3.44. The van der Waals surface area contributed by atoms with Gasteiger partial charge in [0.2, 0.25) is 0 Å². The molecule has 2 unspecified atom stereocenters. The van der Waals surface area contributed by atoms with Gasteiger partial charge < -0.3 is 10.2 Å². The monoisotopic (exact) mass is 279 g/mol. The molecule has 108 valence electrons. The lowest BCUT2D eigenvalue weighted by atomic mass is 9.97. The molecule has 2 atom stereocenters. The Morgan fingerprint density at radius 1 is 1.00 bits per heavy atom. The molecule has 2 bridgehead atoms. The third-order valence-corrected chi connectivity index (χ3v) is 4.73. The second-order valence-corrected chi connectivity index (χ2v) is 6.25. The lowest BCUT2D eigenvalue weighted by Gasteiger charge is -2.24. The van der Waals surface area contributed by atoms with Crippen LogP contribution in [0.2, 0.25) is 0 Å². The zero-order valence-corrected chi connectivity index (χ0v) is 12.2. The fourth-order valence-corrected chi connectivity index (χ4v) is 3.54. The van der Waals surface area contributed by atoms with Crippen LogP contribution in [0, 0.1) is 5.92 Å². The molecule has 3 fully saturated rings. The minimum absolute atomic E-state index is 0.643. The first-order valence-corrected chi connectivity index (χ1v) is 7.87. The highest BCUT2D eigenvalue weighted by atomic mass is 15.2. The van der Waals surface area contributed by atoms with Gasteiger partial charge in [0.05, 0.1) is 11.9 Å². The summed E-state index contributed by atoms with van der Waals surface area (Å²) < 4.78 is 0. The van der Waals surface area contributed by atoms with Gasteiger partial charge in [-0.25, -0.2) is 0 Å². The van der Waals surface area contributed by atoms with Gasteiger partial charge >= 0.3 is 0 Å². The van der Waals surface area contributed by atoms with Crippen molar-refractivity contribution in [3.63, 3.8) is 0 Å². The predicted molar refractivity (Wildman–Crippen MR) is 86.4 cm³/mol. The molecule has 1 aromatic heterocycles. The van der Waals surface area contributed by atoms with Crippen LogP contribution >= 0.6 is 0 Å². The van der Waals surface area contributed by atoms with E-state index < -0.39 is 0 Å². The minimum Gasteiger partial charge on any atom is -0.368 e. The maximum absolute atomic E-state index is 4.48. The van der Waals surface area contributed by atoms with Gasteiger partial charge in [0.15, 0.2) is 0 Å². The van der Waals surface area contributed by atoms with E-state index in [9.17, 15) is 0 Å². The third-order valence-electron chi connectivity index (χ3n) is 4.73. The van der Waals surface area contributed by atoms with Crippen molar-refractivity contribution in [2.75, 3.05) is 24.5 Å². The number of piperidine rings is 1. The number of pyridine rings is 1. The standard InChI is InChI=1S/C18H21N3/c1-2-4-15(5-3-1)16-8-18(11-19-10-16)21-12-14-6-7-17(13-21)20-9-14/h1-5,8,10-11,14,17,20H,6-7,9,12-13H2. The molecule has 0 spiro atoms. The van der Waals surface area contributed by atoms with Crippen molar-refractivity contribution in [3.8, 4) is 11.1 Å². The molecule has 21 heavy (non-hydrogen) atoms. The summed E-state index contributed by atoms with van der Waals surface area (Å²) in [4.78, 5) is 6.99. The molecule has 0 amide bonds. The number of nitrogens with one attached hydrogen (secondary N) is 1. The Kier molecular flexibility index (Phi) is 3.36. The normalized spacial score (nSPS) is 24.9. The van der Waals surface area contributed by atoms with Crippen LogP contribution in [0.5, 0.6) is 0 Å². The van der Waals surface area contributed by atoms with E-state index in [-0.39, 0.29) is 0 Å². The van der Waals surface area contributed by atoms with Crippen molar-refractivity contribution in [3.05, 3.63) is 48.8 Å². The molecule has 3 nitrogen and oxygen atoms in total. The Morgan fingerprint density at radius 2 is 1.90 bits per heavy atom. The summed E-state index contributed by atoms with van der Waals surface area (Å²) in [7, 11) is 0. The second kappa shape index (κ2) is 5.49. The van der Waals surface area contributed by atoms with Gasteiger partial charge in [0.1, 0.15) is 0 Å². The Balaban J connectivity index is 1.63. The average molecular weight is 279 g/mol. The highest BCUT2D eigenvalue weighted by molar-refractivity contribution is 5.67. The van der Waals surface area contributed by atoms with Gasteiger partial charge in [0.25, 0.3) is 0 Å². The van der Waals surface area contributed by atoms with Gasteiger partial charge in [0, 0.05) is 30.9 Å². The first kappa shape index (κ1) is 12.8. The first-order valence-electron chi connectivity index (χ1n) is 7.87. The molecule has 5 rings (SSSR count). The second-order valence-electron chi connectivity index (χ2n) is 6.25. The fourth-order valence-electron chi connectivity index (χ4n) is 3.54. The number of anilines is 1. The van der Waals surface area contributed by atoms with E-state index in [0.717, 1.165) is 19.0 Å². The van der Waals surface area contributed by atoms with Crippen LogP contribution in [0.3, 0.4) is 0 Å². The van der Waals surface area contributed by atoms with E-state index in [2.05, 4.69) is 51.6 Å². The fraction of sp³-hybridized carbons (Fsp3) is 0.389. The quantitative estimate of drug-likeness (QED) is 0.916. The van der Waals surface area contributed by atoms with Crippen LogP contribution in [-0.2, 0) is 0 Å². The van der Waals surface area contributed by atoms with Crippen LogP contribution < -0.4 is 10.2 Å². The van der Waals surface area contributed by atoms with Gasteiger partial charge in [-0.2, -0.15) is 0 Å². The molecular formula is C18H21N3. The molecule has 1 aromatic carbocycles. The maximum atomic E-state index is 4.48. The Hall–Kier alpha value is -1.87. The zero-order valence-electron chi connectivity index (χ0n) is 12.2. The molecule has 3 aliphatic rings. The van der Waals surface area contributed by atoms with E-state index >= 15 is 0 Å². The average Bonchev–Trinajstić information content (AvgIpc) is 2.90. The highest BCUT2D eigenvalue weighted by Gasteiger charge is 2.29. The first-order chi connectivity index (χ1) is 10.4. The summed E-state index contributed by atoms with van der Waals surface area (Å²) in [6, 6.07) is 13.4. The Morgan fingerprint density at radius 3 is 2.71 bits per heavy atom. The molecule has 4 heterocycles. The maximum Gasteiger partial charge on any atom is 0.0559 e. The Bertz CT molecular complexity index is 589. The number of benzene rings is 1.